The van der Waals surface area contributed by atoms with Crippen LogP contribution in [0.5, 0.6) is 0 Å². The summed E-state index contributed by atoms with van der Waals surface area (Å²) < 4.78 is 25.1. The minimum atomic E-state index is -2.74. The van der Waals surface area contributed by atoms with Gasteiger partial charge >= 0.3 is 0 Å². The number of aliphatic hydroxyl groups excluding tert-OH is 1. The van der Waals surface area contributed by atoms with Crippen LogP contribution in [0.25, 0.3) is 0 Å². The van der Waals surface area contributed by atoms with Gasteiger partial charge in [0.05, 0.1) is 23.2 Å². The van der Waals surface area contributed by atoms with E-state index in [2.05, 4.69) is 4.98 Å². The van der Waals surface area contributed by atoms with Crippen LogP contribution in [0.2, 0.25) is 5.02 Å². The van der Waals surface area contributed by atoms with Crippen molar-refractivity contribution in [2.45, 2.75) is 18.9 Å². The number of aromatic nitrogens is 1. The Hall–Kier alpha value is -0.450. The number of nitrogens with zero attached hydrogens (tertiary/aromatic N) is 1. The second-order valence-corrected chi connectivity index (χ2v) is 3.20. The maximum atomic E-state index is 12.5. The lowest BCUT2D eigenvalue weighted by atomic mass is 10.1. The molecule has 0 fully saturated rings. The molecule has 1 aromatic rings. The number of hydrogen-bond acceptors (Lipinski definition) is 2. The van der Waals surface area contributed by atoms with Crippen LogP contribution >= 0.6 is 23.2 Å². The fraction of sp³-hybridized carbons (Fsp3) is 0.375. The summed E-state index contributed by atoms with van der Waals surface area (Å²) in [6.07, 6.45) is -1.58. The van der Waals surface area contributed by atoms with Gasteiger partial charge in [-0.25, -0.2) is 8.78 Å². The van der Waals surface area contributed by atoms with E-state index in [4.69, 9.17) is 28.3 Å². The lowest BCUT2D eigenvalue weighted by molar-refractivity contribution is 0.147. The van der Waals surface area contributed by atoms with Crippen LogP contribution in [0.1, 0.15) is 23.2 Å². The second-order valence-electron chi connectivity index (χ2n) is 2.55. The molecule has 14 heavy (non-hydrogen) atoms. The molecule has 0 aliphatic carbocycles. The monoisotopic (exact) mass is 241 g/mol. The molecule has 0 aliphatic heterocycles. The van der Waals surface area contributed by atoms with Gasteiger partial charge < -0.3 is 5.11 Å². The van der Waals surface area contributed by atoms with Crippen molar-refractivity contribution < 1.29 is 13.9 Å². The molecule has 1 rings (SSSR count). The number of halogens is 4. The summed E-state index contributed by atoms with van der Waals surface area (Å²) in [6.45, 7) is -0.519. The van der Waals surface area contributed by atoms with Crippen molar-refractivity contribution in [3.63, 3.8) is 0 Å². The number of hydrogen-bond donors (Lipinski definition) is 1. The van der Waals surface area contributed by atoms with Crippen molar-refractivity contribution in [2.75, 3.05) is 0 Å². The van der Waals surface area contributed by atoms with Crippen molar-refractivity contribution in [1.29, 1.82) is 0 Å². The quantitative estimate of drug-likeness (QED) is 0.826. The summed E-state index contributed by atoms with van der Waals surface area (Å²) >= 11 is 11.1. The molecule has 0 aromatic carbocycles. The van der Waals surface area contributed by atoms with Crippen molar-refractivity contribution >= 4 is 23.2 Å². The Morgan fingerprint density at radius 3 is 2.57 bits per heavy atom. The first-order valence-corrected chi connectivity index (χ1v) is 4.64. The Balaban J connectivity index is 3.31. The number of alkyl halides is 3. The standard InChI is InChI=1S/C8H7Cl2F2NO/c9-1-5-7(10)6(8(11)12)4(3-14)2-13-5/h2,8,14H,1,3H2. The molecule has 0 aliphatic rings. The SMILES string of the molecule is OCc1cnc(CCl)c(Cl)c1C(F)F. The first-order valence-electron chi connectivity index (χ1n) is 3.73. The van der Waals surface area contributed by atoms with E-state index < -0.39 is 13.0 Å². The average molecular weight is 242 g/mol. The largest absolute Gasteiger partial charge is 0.392 e. The molecule has 0 atom stereocenters. The zero-order valence-electron chi connectivity index (χ0n) is 6.98. The van der Waals surface area contributed by atoms with Gasteiger partial charge in [-0.1, -0.05) is 11.6 Å². The molecular weight excluding hydrogens is 235 g/mol. The van der Waals surface area contributed by atoms with Gasteiger partial charge in [0, 0.05) is 17.3 Å². The van der Waals surface area contributed by atoms with Gasteiger partial charge in [-0.3, -0.25) is 4.98 Å². The Morgan fingerprint density at radius 1 is 1.50 bits per heavy atom. The highest BCUT2D eigenvalue weighted by Crippen LogP contribution is 2.32. The third-order valence-corrected chi connectivity index (χ3v) is 2.40. The third-order valence-electron chi connectivity index (χ3n) is 1.73. The Labute approximate surface area is 89.5 Å². The minimum Gasteiger partial charge on any atom is -0.392 e. The summed E-state index contributed by atoms with van der Waals surface area (Å²) in [7, 11) is 0. The second kappa shape index (κ2) is 4.87. The highest BCUT2D eigenvalue weighted by Gasteiger charge is 2.19. The average Bonchev–Trinajstić information content (AvgIpc) is 2.16. The molecule has 78 valence electrons. The van der Waals surface area contributed by atoms with Crippen molar-refractivity contribution in [3.8, 4) is 0 Å². The Kier molecular flexibility index (Phi) is 4.04. The smallest absolute Gasteiger partial charge is 0.265 e. The molecule has 0 saturated carbocycles. The van der Waals surface area contributed by atoms with Gasteiger partial charge in [-0.15, -0.1) is 11.6 Å². The molecule has 0 saturated heterocycles. The van der Waals surface area contributed by atoms with Crippen LogP contribution < -0.4 is 0 Å². The van der Waals surface area contributed by atoms with Crippen molar-refractivity contribution in [3.05, 3.63) is 28.0 Å². The lowest BCUT2D eigenvalue weighted by Gasteiger charge is -2.10. The topological polar surface area (TPSA) is 33.1 Å². The van der Waals surface area contributed by atoms with E-state index in [0.29, 0.717) is 0 Å². The molecule has 2 nitrogen and oxygen atoms in total. The summed E-state index contributed by atoms with van der Waals surface area (Å²) in [5.74, 6) is -0.0374. The molecule has 0 spiro atoms. The predicted octanol–water partition coefficient (Wildman–Crippen LogP) is 2.90. The summed E-state index contributed by atoms with van der Waals surface area (Å²) in [4.78, 5) is 3.75. The molecule has 0 radical (unpaired) electrons. The van der Waals surface area contributed by atoms with E-state index in [1.54, 1.807) is 0 Å². The molecule has 6 heteroatoms. The van der Waals surface area contributed by atoms with Gasteiger partial charge in [0.1, 0.15) is 0 Å². The van der Waals surface area contributed by atoms with Crippen molar-refractivity contribution in [2.24, 2.45) is 0 Å². The zero-order valence-corrected chi connectivity index (χ0v) is 8.49. The highest BCUT2D eigenvalue weighted by molar-refractivity contribution is 6.32. The number of aliphatic hydroxyl groups is 1. The third kappa shape index (κ3) is 2.13. The van der Waals surface area contributed by atoms with Gasteiger partial charge in [0.2, 0.25) is 0 Å². The van der Waals surface area contributed by atoms with Crippen LogP contribution in [-0.2, 0) is 12.5 Å². The van der Waals surface area contributed by atoms with E-state index in [1.165, 1.54) is 0 Å². The fourth-order valence-corrected chi connectivity index (χ4v) is 1.62. The number of rotatable bonds is 3. The minimum absolute atomic E-state index is 0.0267. The summed E-state index contributed by atoms with van der Waals surface area (Å²) in [6, 6.07) is 0. The molecular formula is C8H7Cl2F2NO. The van der Waals surface area contributed by atoms with E-state index in [0.717, 1.165) is 6.20 Å². The normalized spacial score (nSPS) is 11.0. The maximum absolute atomic E-state index is 12.5. The first kappa shape index (κ1) is 11.6. The molecule has 0 unspecified atom stereocenters. The van der Waals surface area contributed by atoms with E-state index in [1.807, 2.05) is 0 Å². The lowest BCUT2D eigenvalue weighted by Crippen LogP contribution is -2.01. The Bertz CT molecular complexity index is 333. The summed E-state index contributed by atoms with van der Waals surface area (Å²) in [5.41, 5.74) is -0.167. The maximum Gasteiger partial charge on any atom is 0.265 e. The zero-order chi connectivity index (χ0) is 10.7. The van der Waals surface area contributed by atoms with Crippen molar-refractivity contribution in [1.82, 2.24) is 4.98 Å². The van der Waals surface area contributed by atoms with Crippen LogP contribution in [0.4, 0.5) is 8.78 Å². The van der Waals surface area contributed by atoms with Crippen LogP contribution in [0.15, 0.2) is 6.20 Å². The van der Waals surface area contributed by atoms with E-state index in [9.17, 15) is 8.78 Å². The van der Waals surface area contributed by atoms with Gasteiger partial charge in [-0.05, 0) is 0 Å². The highest BCUT2D eigenvalue weighted by atomic mass is 35.5. The van der Waals surface area contributed by atoms with Crippen LogP contribution in [0, 0.1) is 0 Å². The molecule has 0 bridgehead atoms. The van der Waals surface area contributed by atoms with Gasteiger partial charge in [-0.2, -0.15) is 0 Å². The molecule has 1 aromatic heterocycles. The van der Waals surface area contributed by atoms with Crippen LogP contribution in [0.3, 0.4) is 0 Å². The Morgan fingerprint density at radius 2 is 2.14 bits per heavy atom. The van der Waals surface area contributed by atoms with Gasteiger partial charge in [0.25, 0.3) is 6.43 Å². The predicted molar refractivity (Wildman–Crippen MR) is 49.7 cm³/mol. The van der Waals surface area contributed by atoms with Crippen LogP contribution in [-0.4, -0.2) is 10.1 Å². The molecule has 1 heterocycles. The summed E-state index contributed by atoms with van der Waals surface area (Å²) in [5, 5.41) is 8.63. The first-order chi connectivity index (χ1) is 6.61. The molecule has 1 N–H and O–H groups in total. The molecule has 0 amide bonds. The van der Waals surface area contributed by atoms with Gasteiger partial charge in [0.15, 0.2) is 0 Å². The van der Waals surface area contributed by atoms with E-state index >= 15 is 0 Å². The fourth-order valence-electron chi connectivity index (χ4n) is 1.03. The van der Waals surface area contributed by atoms with E-state index in [-0.39, 0.29) is 27.7 Å². The number of pyridine rings is 1.